The zero-order valence-corrected chi connectivity index (χ0v) is 13.7. The highest BCUT2D eigenvalue weighted by Gasteiger charge is 2.43. The van der Waals surface area contributed by atoms with Crippen LogP contribution in [-0.2, 0) is 4.79 Å². The van der Waals surface area contributed by atoms with Crippen molar-refractivity contribution in [3.05, 3.63) is 24.2 Å². The van der Waals surface area contributed by atoms with Gasteiger partial charge < -0.3 is 14.2 Å². The van der Waals surface area contributed by atoms with Crippen molar-refractivity contribution in [2.75, 3.05) is 18.8 Å². The first-order valence-corrected chi connectivity index (χ1v) is 9.03. The molecule has 2 fully saturated rings. The van der Waals surface area contributed by atoms with Gasteiger partial charge in [0.15, 0.2) is 5.76 Å². The van der Waals surface area contributed by atoms with Crippen LogP contribution in [0.2, 0.25) is 0 Å². The lowest BCUT2D eigenvalue weighted by molar-refractivity contribution is -0.134. The second-order valence-electron chi connectivity index (χ2n) is 5.81. The number of hydrogen-bond donors (Lipinski definition) is 0. The molecule has 120 valence electrons. The van der Waals surface area contributed by atoms with Crippen LogP contribution in [0.4, 0.5) is 0 Å². The van der Waals surface area contributed by atoms with Crippen LogP contribution in [0.1, 0.15) is 43.2 Å². The van der Waals surface area contributed by atoms with Gasteiger partial charge in [-0.25, -0.2) is 0 Å². The Balaban J connectivity index is 1.81. The maximum atomic E-state index is 12.8. The SMILES string of the molecule is CCCC1SCC(C(=O)N2CCCC2)N1C(=O)c1ccco1. The number of furan rings is 1. The van der Waals surface area contributed by atoms with Crippen molar-refractivity contribution in [1.29, 1.82) is 0 Å². The van der Waals surface area contributed by atoms with Crippen molar-refractivity contribution >= 4 is 23.6 Å². The molecule has 2 aliphatic heterocycles. The summed E-state index contributed by atoms with van der Waals surface area (Å²) in [5.74, 6) is 0.948. The first-order chi connectivity index (χ1) is 10.7. The van der Waals surface area contributed by atoms with Gasteiger partial charge in [0.2, 0.25) is 5.91 Å². The highest BCUT2D eigenvalue weighted by atomic mass is 32.2. The van der Waals surface area contributed by atoms with Crippen molar-refractivity contribution in [1.82, 2.24) is 9.80 Å². The average molecular weight is 322 g/mol. The Labute approximate surface area is 135 Å². The summed E-state index contributed by atoms with van der Waals surface area (Å²) in [7, 11) is 0. The summed E-state index contributed by atoms with van der Waals surface area (Å²) in [6.45, 7) is 3.74. The maximum Gasteiger partial charge on any atom is 0.291 e. The van der Waals surface area contributed by atoms with Gasteiger partial charge in [0.05, 0.1) is 11.6 Å². The minimum absolute atomic E-state index is 0.0687. The van der Waals surface area contributed by atoms with Crippen molar-refractivity contribution in [2.45, 2.75) is 44.0 Å². The average Bonchev–Trinajstić information content (AvgIpc) is 3.26. The predicted octanol–water partition coefficient (Wildman–Crippen LogP) is 2.59. The number of rotatable bonds is 4. The van der Waals surface area contributed by atoms with E-state index in [0.29, 0.717) is 11.5 Å². The Kier molecular flexibility index (Phi) is 4.76. The zero-order chi connectivity index (χ0) is 15.5. The third-order valence-electron chi connectivity index (χ3n) is 4.30. The smallest absolute Gasteiger partial charge is 0.291 e. The van der Waals surface area contributed by atoms with Gasteiger partial charge in [0.25, 0.3) is 5.91 Å². The normalized spacial score (nSPS) is 25.0. The summed E-state index contributed by atoms with van der Waals surface area (Å²) >= 11 is 1.71. The molecule has 2 atom stereocenters. The molecule has 0 spiro atoms. The van der Waals surface area contributed by atoms with E-state index < -0.39 is 0 Å². The van der Waals surface area contributed by atoms with E-state index >= 15 is 0 Å². The summed E-state index contributed by atoms with van der Waals surface area (Å²) in [6, 6.07) is 3.03. The van der Waals surface area contributed by atoms with Crippen LogP contribution in [0.15, 0.2) is 22.8 Å². The van der Waals surface area contributed by atoms with Gasteiger partial charge in [0.1, 0.15) is 6.04 Å². The zero-order valence-electron chi connectivity index (χ0n) is 12.9. The molecule has 5 nitrogen and oxygen atoms in total. The van der Waals surface area contributed by atoms with Gasteiger partial charge in [-0.3, -0.25) is 9.59 Å². The molecule has 2 saturated heterocycles. The van der Waals surface area contributed by atoms with E-state index in [1.54, 1.807) is 28.8 Å². The topological polar surface area (TPSA) is 53.8 Å². The van der Waals surface area contributed by atoms with Crippen molar-refractivity contribution in [3.8, 4) is 0 Å². The van der Waals surface area contributed by atoms with Crippen LogP contribution in [0, 0.1) is 0 Å². The predicted molar refractivity (Wildman–Crippen MR) is 85.6 cm³/mol. The van der Waals surface area contributed by atoms with Crippen LogP contribution in [-0.4, -0.2) is 51.9 Å². The quantitative estimate of drug-likeness (QED) is 0.855. The van der Waals surface area contributed by atoms with Gasteiger partial charge in [-0.15, -0.1) is 11.8 Å². The van der Waals surface area contributed by atoms with Gasteiger partial charge in [0, 0.05) is 18.8 Å². The number of hydrogen-bond acceptors (Lipinski definition) is 4. The highest BCUT2D eigenvalue weighted by Crippen LogP contribution is 2.34. The van der Waals surface area contributed by atoms with Gasteiger partial charge in [-0.2, -0.15) is 0 Å². The molecule has 22 heavy (non-hydrogen) atoms. The van der Waals surface area contributed by atoms with Gasteiger partial charge >= 0.3 is 0 Å². The Morgan fingerprint density at radius 3 is 2.77 bits per heavy atom. The molecule has 0 N–H and O–H groups in total. The Morgan fingerprint density at radius 1 is 1.36 bits per heavy atom. The van der Waals surface area contributed by atoms with E-state index in [2.05, 4.69) is 6.92 Å². The minimum atomic E-state index is -0.350. The summed E-state index contributed by atoms with van der Waals surface area (Å²) in [5.41, 5.74) is 0. The fourth-order valence-electron chi connectivity index (χ4n) is 3.17. The van der Waals surface area contributed by atoms with Crippen LogP contribution >= 0.6 is 11.8 Å². The number of likely N-dealkylation sites (tertiary alicyclic amines) is 1. The lowest BCUT2D eigenvalue weighted by atomic mass is 10.2. The molecule has 0 aliphatic carbocycles. The fourth-order valence-corrected chi connectivity index (χ4v) is 4.68. The minimum Gasteiger partial charge on any atom is -0.459 e. The second kappa shape index (κ2) is 6.77. The van der Waals surface area contributed by atoms with E-state index in [4.69, 9.17) is 4.42 Å². The largest absolute Gasteiger partial charge is 0.459 e. The van der Waals surface area contributed by atoms with Gasteiger partial charge in [-0.1, -0.05) is 13.3 Å². The monoisotopic (exact) mass is 322 g/mol. The second-order valence-corrected chi connectivity index (χ2v) is 7.03. The summed E-state index contributed by atoms with van der Waals surface area (Å²) < 4.78 is 5.26. The molecular formula is C16H22N2O3S. The van der Waals surface area contributed by atoms with E-state index in [-0.39, 0.29) is 23.2 Å². The standard InChI is InChI=1S/C16H22N2O3S/c1-2-6-14-18(16(20)13-7-5-10-21-13)12(11-22-14)15(19)17-8-3-4-9-17/h5,7,10,12,14H,2-4,6,8-9,11H2,1H3. The Bertz CT molecular complexity index is 526. The van der Waals surface area contributed by atoms with Crippen molar-refractivity contribution in [2.24, 2.45) is 0 Å². The van der Waals surface area contributed by atoms with Crippen LogP contribution in [0.25, 0.3) is 0 Å². The van der Waals surface area contributed by atoms with Gasteiger partial charge in [-0.05, 0) is 31.4 Å². The molecule has 1 aromatic heterocycles. The number of carbonyl (C=O) groups is 2. The van der Waals surface area contributed by atoms with Crippen molar-refractivity contribution in [3.63, 3.8) is 0 Å². The fraction of sp³-hybridized carbons (Fsp3) is 0.625. The summed E-state index contributed by atoms with van der Waals surface area (Å²) in [5, 5.41) is 0.0687. The van der Waals surface area contributed by atoms with Crippen LogP contribution < -0.4 is 0 Å². The Morgan fingerprint density at radius 2 is 2.14 bits per heavy atom. The molecule has 2 aliphatic rings. The molecule has 2 unspecified atom stereocenters. The lowest BCUT2D eigenvalue weighted by Crippen LogP contribution is -2.50. The van der Waals surface area contributed by atoms with E-state index in [0.717, 1.165) is 38.8 Å². The number of amides is 2. The molecular weight excluding hydrogens is 300 g/mol. The molecule has 0 radical (unpaired) electrons. The number of carbonyl (C=O) groups excluding carboxylic acids is 2. The first kappa shape index (κ1) is 15.5. The molecule has 6 heteroatoms. The molecule has 2 amide bonds. The molecule has 3 rings (SSSR count). The van der Waals surface area contributed by atoms with E-state index in [9.17, 15) is 9.59 Å². The third-order valence-corrected chi connectivity index (χ3v) is 5.65. The lowest BCUT2D eigenvalue weighted by Gasteiger charge is -2.30. The number of thioether (sulfide) groups is 1. The number of nitrogens with zero attached hydrogens (tertiary/aromatic N) is 2. The molecule has 0 aromatic carbocycles. The van der Waals surface area contributed by atoms with Crippen LogP contribution in [0.3, 0.4) is 0 Å². The molecule has 0 saturated carbocycles. The first-order valence-electron chi connectivity index (χ1n) is 7.99. The van der Waals surface area contributed by atoms with Crippen molar-refractivity contribution < 1.29 is 14.0 Å². The van der Waals surface area contributed by atoms with Crippen LogP contribution in [0.5, 0.6) is 0 Å². The maximum absolute atomic E-state index is 12.8. The third kappa shape index (κ3) is 2.89. The molecule has 3 heterocycles. The van der Waals surface area contributed by atoms with E-state index in [1.807, 2.05) is 4.90 Å². The highest BCUT2D eigenvalue weighted by molar-refractivity contribution is 8.00. The summed E-state index contributed by atoms with van der Waals surface area (Å²) in [6.07, 6.45) is 5.53. The molecule has 1 aromatic rings. The summed E-state index contributed by atoms with van der Waals surface area (Å²) in [4.78, 5) is 29.2. The molecule has 0 bridgehead atoms. The van der Waals surface area contributed by atoms with E-state index in [1.165, 1.54) is 6.26 Å². The Hall–Kier alpha value is -1.43.